The first-order chi connectivity index (χ1) is 18.3. The number of amides is 3. The van der Waals surface area contributed by atoms with Crippen LogP contribution in [-0.2, 0) is 9.47 Å². The Labute approximate surface area is 232 Å². The molecule has 9 heteroatoms. The predicted molar refractivity (Wildman–Crippen MR) is 149 cm³/mol. The lowest BCUT2D eigenvalue weighted by Gasteiger charge is -2.57. The second-order valence-electron chi connectivity index (χ2n) is 11.9. The van der Waals surface area contributed by atoms with E-state index in [9.17, 15) is 9.59 Å². The van der Waals surface area contributed by atoms with Crippen molar-refractivity contribution in [2.75, 3.05) is 47.4 Å². The van der Waals surface area contributed by atoms with Gasteiger partial charge in [-0.2, -0.15) is 0 Å². The van der Waals surface area contributed by atoms with Crippen molar-refractivity contribution in [3.8, 4) is 0 Å². The molecule has 212 valence electrons. The number of carbonyl (C=O) groups is 2. The van der Waals surface area contributed by atoms with E-state index in [1.54, 1.807) is 4.90 Å². The molecule has 4 bridgehead atoms. The Kier molecular flexibility index (Phi) is 10.2. The van der Waals surface area contributed by atoms with Crippen LogP contribution in [0.4, 0.5) is 9.59 Å². The van der Waals surface area contributed by atoms with Crippen molar-refractivity contribution in [3.63, 3.8) is 0 Å². The fraction of sp³-hybridized carbons (Fsp3) is 0.724. The first-order valence-electron chi connectivity index (χ1n) is 14.1. The molecule has 0 unspecified atom stereocenters. The van der Waals surface area contributed by atoms with E-state index in [2.05, 4.69) is 20.7 Å². The highest BCUT2D eigenvalue weighted by Crippen LogP contribution is 2.61. The summed E-state index contributed by atoms with van der Waals surface area (Å²) in [4.78, 5) is 26.3. The van der Waals surface area contributed by atoms with Crippen LogP contribution in [0.1, 0.15) is 63.0 Å². The van der Waals surface area contributed by atoms with E-state index in [4.69, 9.17) is 16.3 Å². The zero-order valence-electron chi connectivity index (χ0n) is 23.1. The third-order valence-corrected chi connectivity index (χ3v) is 9.03. The molecule has 0 heterocycles. The second-order valence-corrected chi connectivity index (χ2v) is 12.3. The molecule has 3 amide bonds. The summed E-state index contributed by atoms with van der Waals surface area (Å²) >= 11 is 6.23. The van der Waals surface area contributed by atoms with Crippen molar-refractivity contribution in [2.24, 2.45) is 23.2 Å². The summed E-state index contributed by atoms with van der Waals surface area (Å²) in [6, 6.07) is 7.64. The number of nitrogens with one attached hydrogen (secondary N) is 3. The molecule has 0 spiro atoms. The number of halogens is 1. The molecule has 5 rings (SSSR count). The largest absolute Gasteiger partial charge is 0.453 e. The summed E-state index contributed by atoms with van der Waals surface area (Å²) in [6.45, 7) is 1.95. The molecule has 4 fully saturated rings. The smallest absolute Gasteiger partial charge is 0.406 e. The van der Waals surface area contributed by atoms with Crippen LogP contribution >= 0.6 is 11.6 Å². The van der Waals surface area contributed by atoms with Crippen LogP contribution in [0, 0.1) is 23.2 Å². The van der Waals surface area contributed by atoms with Gasteiger partial charge in [0.2, 0.25) is 0 Å². The lowest BCUT2D eigenvalue weighted by molar-refractivity contribution is -0.0614. The molecule has 4 aliphatic rings. The second kappa shape index (κ2) is 13.4. The van der Waals surface area contributed by atoms with Gasteiger partial charge in [0.15, 0.2) is 0 Å². The minimum atomic E-state index is -0.492. The Hall–Kier alpha value is -2.03. The maximum absolute atomic E-state index is 13.2. The lowest BCUT2D eigenvalue weighted by atomic mass is 9.48. The maximum Gasteiger partial charge on any atom is 0.406 e. The fourth-order valence-corrected chi connectivity index (χ4v) is 7.86. The van der Waals surface area contributed by atoms with Crippen molar-refractivity contribution in [2.45, 2.75) is 63.5 Å². The molecule has 0 aliphatic heterocycles. The highest BCUT2D eigenvalue weighted by molar-refractivity contribution is 6.30. The third-order valence-electron chi connectivity index (χ3n) is 8.79. The van der Waals surface area contributed by atoms with E-state index in [1.807, 2.05) is 38.4 Å². The van der Waals surface area contributed by atoms with Crippen LogP contribution in [0.25, 0.3) is 0 Å². The Morgan fingerprint density at radius 3 is 2.45 bits per heavy atom. The number of carbonyl (C=O) groups excluding carboxylic acids is 2. The van der Waals surface area contributed by atoms with Gasteiger partial charge < -0.3 is 30.3 Å². The molecule has 0 radical (unpaired) electrons. The van der Waals surface area contributed by atoms with Crippen LogP contribution in [0.15, 0.2) is 24.3 Å². The zero-order valence-corrected chi connectivity index (χ0v) is 23.9. The Morgan fingerprint density at radius 1 is 1.16 bits per heavy atom. The van der Waals surface area contributed by atoms with Gasteiger partial charge in [0, 0.05) is 37.7 Å². The van der Waals surface area contributed by atoms with Gasteiger partial charge in [-0.15, -0.1) is 0 Å². The number of hydrogen-bond acceptors (Lipinski definition) is 5. The number of alkyl carbamates (subject to hydrolysis) is 1. The number of hydrogen-bond donors (Lipinski definition) is 3. The normalized spacial score (nSPS) is 27.0. The number of benzene rings is 1. The Bertz CT molecular complexity index is 910. The molecular formula is C29H45ClN4O4. The number of methoxy groups -OCH3 is 1. The highest BCUT2D eigenvalue weighted by atomic mass is 35.5. The average molecular weight is 549 g/mol. The highest BCUT2D eigenvalue weighted by Gasteiger charge is 2.51. The van der Waals surface area contributed by atoms with Crippen molar-refractivity contribution in [3.05, 3.63) is 34.9 Å². The topological polar surface area (TPSA) is 91.9 Å². The summed E-state index contributed by atoms with van der Waals surface area (Å²) in [6.07, 6.45) is 9.24. The number of rotatable bonds is 13. The minimum Gasteiger partial charge on any atom is -0.453 e. The van der Waals surface area contributed by atoms with Crippen LogP contribution in [0.2, 0.25) is 5.02 Å². The monoisotopic (exact) mass is 548 g/mol. The summed E-state index contributed by atoms with van der Waals surface area (Å²) < 4.78 is 10.7. The molecule has 8 nitrogen and oxygen atoms in total. The van der Waals surface area contributed by atoms with Gasteiger partial charge in [-0.05, 0) is 99.3 Å². The molecular weight excluding hydrogens is 504 g/mol. The average Bonchev–Trinajstić information content (AvgIpc) is 2.86. The van der Waals surface area contributed by atoms with Crippen LogP contribution in [0.3, 0.4) is 0 Å². The summed E-state index contributed by atoms with van der Waals surface area (Å²) in [5, 5.41) is 9.91. The Balaban J connectivity index is 1.31. The molecule has 0 saturated heterocycles. The number of ether oxygens (including phenoxy) is 2. The van der Waals surface area contributed by atoms with Crippen LogP contribution in [0.5, 0.6) is 0 Å². The first-order valence-corrected chi connectivity index (χ1v) is 14.5. The lowest BCUT2D eigenvalue weighted by Crippen LogP contribution is -2.53. The molecule has 2 atom stereocenters. The van der Waals surface area contributed by atoms with E-state index in [0.717, 1.165) is 36.3 Å². The molecule has 3 N–H and O–H groups in total. The molecule has 1 aromatic rings. The van der Waals surface area contributed by atoms with Crippen molar-refractivity contribution in [1.29, 1.82) is 0 Å². The van der Waals surface area contributed by atoms with Crippen molar-refractivity contribution < 1.29 is 19.1 Å². The third kappa shape index (κ3) is 7.76. The van der Waals surface area contributed by atoms with Crippen LogP contribution in [-0.4, -0.2) is 70.5 Å². The van der Waals surface area contributed by atoms with Gasteiger partial charge in [-0.1, -0.05) is 23.7 Å². The molecule has 4 aliphatic carbocycles. The van der Waals surface area contributed by atoms with E-state index in [-0.39, 0.29) is 18.2 Å². The Morgan fingerprint density at radius 2 is 1.84 bits per heavy atom. The van der Waals surface area contributed by atoms with Gasteiger partial charge in [0.05, 0.1) is 19.8 Å². The molecule has 38 heavy (non-hydrogen) atoms. The molecule has 4 saturated carbocycles. The van der Waals surface area contributed by atoms with Crippen molar-refractivity contribution in [1.82, 2.24) is 20.9 Å². The number of urea groups is 1. The van der Waals surface area contributed by atoms with Gasteiger partial charge in [-0.25, -0.2) is 9.59 Å². The molecule has 1 aromatic carbocycles. The zero-order chi connectivity index (χ0) is 27.1. The summed E-state index contributed by atoms with van der Waals surface area (Å²) in [5.74, 6) is 2.71. The summed E-state index contributed by atoms with van der Waals surface area (Å²) in [5.41, 5.74) is 1.35. The number of likely N-dealkylation sites (N-methyl/N-ethyl adjacent to an activating group) is 1. The fourth-order valence-electron chi connectivity index (χ4n) is 7.66. The quantitative estimate of drug-likeness (QED) is 0.302. The van der Waals surface area contributed by atoms with E-state index in [1.165, 1.54) is 45.6 Å². The van der Waals surface area contributed by atoms with Crippen LogP contribution < -0.4 is 16.0 Å². The van der Waals surface area contributed by atoms with E-state index < -0.39 is 6.09 Å². The predicted octanol–water partition coefficient (Wildman–Crippen LogP) is 4.98. The van der Waals surface area contributed by atoms with Gasteiger partial charge >= 0.3 is 12.1 Å². The minimum absolute atomic E-state index is 0.0489. The SMILES string of the molecule is CNC[C@H](CC12CC3CC(CC(C3)C1)C2)NC(=O)N(C)CC[C@@H](OCCNC(=O)OC)c1cccc(Cl)c1. The van der Waals surface area contributed by atoms with Gasteiger partial charge in [0.1, 0.15) is 0 Å². The van der Waals surface area contributed by atoms with Crippen molar-refractivity contribution >= 4 is 23.7 Å². The van der Waals surface area contributed by atoms with E-state index in [0.29, 0.717) is 36.6 Å². The van der Waals surface area contributed by atoms with Gasteiger partial charge in [0.25, 0.3) is 0 Å². The number of nitrogens with zero attached hydrogens (tertiary/aromatic N) is 1. The maximum atomic E-state index is 13.2. The first kappa shape index (κ1) is 29.0. The molecule has 0 aromatic heterocycles. The summed E-state index contributed by atoms with van der Waals surface area (Å²) in [7, 11) is 5.13. The van der Waals surface area contributed by atoms with Gasteiger partial charge in [-0.3, -0.25) is 0 Å². The van der Waals surface area contributed by atoms with E-state index >= 15 is 0 Å². The standard InChI is InChI=1S/C29H45ClN4O4/c1-31-19-25(18-29-15-20-11-21(16-29)13-22(12-20)17-29)33-27(35)34(2)9-7-26(23-5-4-6-24(30)14-23)38-10-8-32-28(36)37-3/h4-6,14,20-22,25-26,31H,7-13,15-19H2,1-3H3,(H,32,36)(H,33,35)/t20?,21?,22?,25-,26+,29?/m0/s1.